The standard InChI is InChI=1S/C22H22N2O3S/c25-19-12-22(13-23-19)7-9-24(10-8-22)20(21(26)27)14-5-6-18-16(11-14)15-3-1-2-4-17(15)28-18/h1-6,11,20H,7-10,12-13H2,(H,23,25)(H,26,27). The number of nitrogens with zero attached hydrogens (tertiary/aromatic N) is 1. The van der Waals surface area contributed by atoms with E-state index in [9.17, 15) is 14.7 Å². The fourth-order valence-corrected chi connectivity index (χ4v) is 5.87. The van der Waals surface area contributed by atoms with Crippen molar-refractivity contribution in [2.45, 2.75) is 25.3 Å². The Labute approximate surface area is 166 Å². The number of carbonyl (C=O) groups excluding carboxylic acids is 1. The molecule has 2 N–H and O–H groups in total. The number of carbonyl (C=O) groups is 2. The van der Waals surface area contributed by atoms with Gasteiger partial charge >= 0.3 is 5.97 Å². The number of rotatable bonds is 3. The Morgan fingerprint density at radius 2 is 1.86 bits per heavy atom. The van der Waals surface area contributed by atoms with E-state index in [1.807, 2.05) is 18.2 Å². The molecule has 144 valence electrons. The lowest BCUT2D eigenvalue weighted by molar-refractivity contribution is -0.144. The molecule has 28 heavy (non-hydrogen) atoms. The highest BCUT2D eigenvalue weighted by Gasteiger charge is 2.43. The van der Waals surface area contributed by atoms with Crippen LogP contribution in [-0.4, -0.2) is 41.5 Å². The van der Waals surface area contributed by atoms with E-state index in [1.54, 1.807) is 11.3 Å². The predicted octanol–water partition coefficient (Wildman–Crippen LogP) is 3.78. The minimum atomic E-state index is -0.810. The maximum absolute atomic E-state index is 12.2. The van der Waals surface area contributed by atoms with Gasteiger partial charge in [0.1, 0.15) is 6.04 Å². The third-order valence-electron chi connectivity index (χ3n) is 6.37. The highest BCUT2D eigenvalue weighted by atomic mass is 32.1. The molecule has 3 heterocycles. The van der Waals surface area contributed by atoms with E-state index in [4.69, 9.17) is 0 Å². The van der Waals surface area contributed by atoms with Crippen LogP contribution in [0.3, 0.4) is 0 Å². The molecule has 2 aliphatic heterocycles. The maximum atomic E-state index is 12.2. The topological polar surface area (TPSA) is 69.6 Å². The van der Waals surface area contributed by atoms with Crippen LogP contribution in [-0.2, 0) is 9.59 Å². The van der Waals surface area contributed by atoms with Gasteiger partial charge in [0.2, 0.25) is 5.91 Å². The van der Waals surface area contributed by atoms with E-state index >= 15 is 0 Å². The molecule has 3 aromatic rings. The van der Waals surface area contributed by atoms with Crippen LogP contribution in [0.2, 0.25) is 0 Å². The molecule has 0 bridgehead atoms. The quantitative estimate of drug-likeness (QED) is 0.709. The van der Waals surface area contributed by atoms with E-state index in [2.05, 4.69) is 34.5 Å². The monoisotopic (exact) mass is 394 g/mol. The second-order valence-corrected chi connectivity index (χ2v) is 9.17. The van der Waals surface area contributed by atoms with Crippen LogP contribution in [0.25, 0.3) is 20.2 Å². The van der Waals surface area contributed by atoms with Gasteiger partial charge in [0, 0.05) is 33.1 Å². The van der Waals surface area contributed by atoms with Gasteiger partial charge in [0.05, 0.1) is 0 Å². The number of thiophene rings is 1. The first kappa shape index (κ1) is 17.6. The first-order chi connectivity index (χ1) is 13.5. The maximum Gasteiger partial charge on any atom is 0.325 e. The lowest BCUT2D eigenvalue weighted by Crippen LogP contribution is -2.44. The Kier molecular flexibility index (Phi) is 4.14. The highest BCUT2D eigenvalue weighted by Crippen LogP contribution is 2.41. The first-order valence-corrected chi connectivity index (χ1v) is 10.5. The van der Waals surface area contributed by atoms with E-state index in [1.165, 1.54) is 14.8 Å². The number of carboxylic acid groups (broad SMARTS) is 1. The molecule has 5 nitrogen and oxygen atoms in total. The molecular formula is C22H22N2O3S. The van der Waals surface area contributed by atoms with Crippen LogP contribution in [0.1, 0.15) is 30.9 Å². The lowest BCUT2D eigenvalue weighted by atomic mass is 9.77. The zero-order valence-corrected chi connectivity index (χ0v) is 16.3. The van der Waals surface area contributed by atoms with Gasteiger partial charge in [-0.25, -0.2) is 0 Å². The van der Waals surface area contributed by atoms with E-state index in [-0.39, 0.29) is 11.3 Å². The molecule has 0 saturated carbocycles. The molecular weight excluding hydrogens is 372 g/mol. The van der Waals surface area contributed by atoms with Crippen molar-refractivity contribution >= 4 is 43.4 Å². The van der Waals surface area contributed by atoms with Crippen LogP contribution >= 0.6 is 11.3 Å². The average Bonchev–Trinajstić information content (AvgIpc) is 3.24. The van der Waals surface area contributed by atoms with Gasteiger partial charge in [-0.1, -0.05) is 24.3 Å². The molecule has 1 unspecified atom stereocenters. The van der Waals surface area contributed by atoms with Crippen molar-refractivity contribution in [2.24, 2.45) is 5.41 Å². The zero-order valence-electron chi connectivity index (χ0n) is 15.5. The molecule has 2 aliphatic rings. The Bertz CT molecular complexity index is 1080. The minimum Gasteiger partial charge on any atom is -0.480 e. The summed E-state index contributed by atoms with van der Waals surface area (Å²) in [5, 5.41) is 15.3. The number of hydrogen-bond donors (Lipinski definition) is 2. The van der Waals surface area contributed by atoms with Crippen molar-refractivity contribution < 1.29 is 14.7 Å². The molecule has 0 aliphatic carbocycles. The van der Waals surface area contributed by atoms with Crippen molar-refractivity contribution in [3.05, 3.63) is 48.0 Å². The van der Waals surface area contributed by atoms with Crippen LogP contribution in [0.4, 0.5) is 0 Å². The van der Waals surface area contributed by atoms with Crippen LogP contribution in [0.15, 0.2) is 42.5 Å². The number of benzene rings is 2. The first-order valence-electron chi connectivity index (χ1n) is 9.69. The van der Waals surface area contributed by atoms with Crippen molar-refractivity contribution in [3.63, 3.8) is 0 Å². The van der Waals surface area contributed by atoms with Crippen molar-refractivity contribution in [1.29, 1.82) is 0 Å². The second-order valence-electron chi connectivity index (χ2n) is 8.08. The summed E-state index contributed by atoms with van der Waals surface area (Å²) < 4.78 is 2.40. The Balaban J connectivity index is 1.46. The third kappa shape index (κ3) is 2.88. The number of piperidine rings is 1. The zero-order chi connectivity index (χ0) is 19.3. The fourth-order valence-electron chi connectivity index (χ4n) is 4.79. The van der Waals surface area contributed by atoms with Gasteiger partial charge in [0.15, 0.2) is 0 Å². The van der Waals surface area contributed by atoms with Crippen molar-refractivity contribution in [1.82, 2.24) is 10.2 Å². The Morgan fingerprint density at radius 3 is 2.57 bits per heavy atom. The summed E-state index contributed by atoms with van der Waals surface area (Å²) in [6.45, 7) is 2.13. The number of amides is 1. The van der Waals surface area contributed by atoms with Crippen molar-refractivity contribution in [3.8, 4) is 0 Å². The normalized spacial score (nSPS) is 20.6. The fraction of sp³-hybridized carbons (Fsp3) is 0.364. The second kappa shape index (κ2) is 6.57. The summed E-state index contributed by atoms with van der Waals surface area (Å²) in [6, 6.07) is 13.7. The van der Waals surface area contributed by atoms with Gasteiger partial charge in [-0.3, -0.25) is 14.5 Å². The third-order valence-corrected chi connectivity index (χ3v) is 7.52. The molecule has 2 saturated heterocycles. The molecule has 2 fully saturated rings. The van der Waals surface area contributed by atoms with Gasteiger partial charge in [-0.2, -0.15) is 0 Å². The summed E-state index contributed by atoms with van der Waals surface area (Å²) in [7, 11) is 0. The number of likely N-dealkylation sites (tertiary alicyclic amines) is 1. The minimum absolute atomic E-state index is 0.0180. The molecule has 1 amide bonds. The van der Waals surface area contributed by atoms with Crippen LogP contribution in [0.5, 0.6) is 0 Å². The molecule has 1 atom stereocenters. The average molecular weight is 394 g/mol. The van der Waals surface area contributed by atoms with E-state index < -0.39 is 12.0 Å². The molecule has 1 spiro atoms. The van der Waals surface area contributed by atoms with Gasteiger partial charge in [-0.05, 0) is 55.1 Å². The summed E-state index contributed by atoms with van der Waals surface area (Å²) in [5.74, 6) is -0.687. The Morgan fingerprint density at radius 1 is 1.11 bits per heavy atom. The lowest BCUT2D eigenvalue weighted by Gasteiger charge is -2.40. The highest BCUT2D eigenvalue weighted by molar-refractivity contribution is 7.25. The molecule has 5 rings (SSSR count). The van der Waals surface area contributed by atoms with Crippen molar-refractivity contribution in [2.75, 3.05) is 19.6 Å². The number of nitrogens with one attached hydrogen (secondary N) is 1. The summed E-state index contributed by atoms with van der Waals surface area (Å²) in [6.07, 6.45) is 2.30. The van der Waals surface area contributed by atoms with Gasteiger partial charge in [-0.15, -0.1) is 11.3 Å². The predicted molar refractivity (Wildman–Crippen MR) is 111 cm³/mol. The van der Waals surface area contributed by atoms with Gasteiger partial charge < -0.3 is 10.4 Å². The summed E-state index contributed by atoms with van der Waals surface area (Å²) in [5.41, 5.74) is 0.851. The smallest absolute Gasteiger partial charge is 0.325 e. The van der Waals surface area contributed by atoms with Crippen LogP contribution in [0, 0.1) is 5.41 Å². The number of carboxylic acids is 1. The summed E-state index contributed by atoms with van der Waals surface area (Å²) in [4.78, 5) is 25.9. The van der Waals surface area contributed by atoms with E-state index in [0.29, 0.717) is 19.5 Å². The summed E-state index contributed by atoms with van der Waals surface area (Å²) >= 11 is 1.74. The van der Waals surface area contributed by atoms with Gasteiger partial charge in [0.25, 0.3) is 0 Å². The molecule has 2 aromatic carbocycles. The molecule has 1 aromatic heterocycles. The molecule has 6 heteroatoms. The number of hydrogen-bond acceptors (Lipinski definition) is 4. The molecule has 0 radical (unpaired) electrons. The number of aliphatic carboxylic acids is 1. The largest absolute Gasteiger partial charge is 0.480 e. The van der Waals surface area contributed by atoms with Crippen LogP contribution < -0.4 is 5.32 Å². The SMILES string of the molecule is O=C1CC2(CCN(C(C(=O)O)c3ccc4sc5ccccc5c4c3)CC2)CN1. The number of fused-ring (bicyclic) bond motifs is 3. The Hall–Kier alpha value is -2.44. The van der Waals surface area contributed by atoms with E-state index in [0.717, 1.165) is 30.3 Å².